The molecule has 1 nitrogen and oxygen atoms in total. The predicted octanol–water partition coefficient (Wildman–Crippen LogP) is 4.36. The second-order valence-corrected chi connectivity index (χ2v) is 4.46. The van der Waals surface area contributed by atoms with Gasteiger partial charge in [-0.15, -0.1) is 0 Å². The number of thioether (sulfide) groups is 1. The van der Waals surface area contributed by atoms with Gasteiger partial charge in [0.25, 0.3) is 0 Å². The van der Waals surface area contributed by atoms with Gasteiger partial charge >= 0.3 is 5.51 Å². The van der Waals surface area contributed by atoms with Crippen molar-refractivity contribution in [3.05, 3.63) is 48.8 Å². The molecule has 0 radical (unpaired) electrons. The number of alkyl halides is 3. The molecule has 2 aromatic rings. The Kier molecular flexibility index (Phi) is 3.38. The highest BCUT2D eigenvalue weighted by Gasteiger charge is 2.29. The van der Waals surface area contributed by atoms with E-state index < -0.39 is 5.51 Å². The van der Waals surface area contributed by atoms with Gasteiger partial charge in [0.05, 0.1) is 0 Å². The Balaban J connectivity index is 2.29. The molecule has 0 bridgehead atoms. The maximum Gasteiger partial charge on any atom is 0.446 e. The smallest absolute Gasteiger partial charge is 0.263 e. The lowest BCUT2D eigenvalue weighted by molar-refractivity contribution is -0.0328. The summed E-state index contributed by atoms with van der Waals surface area (Å²) >= 11 is -0.153. The number of nitrogens with zero attached hydrogens (tertiary/aromatic N) is 1. The van der Waals surface area contributed by atoms with Gasteiger partial charge in [-0.1, -0.05) is 30.3 Å². The fourth-order valence-corrected chi connectivity index (χ4v) is 1.96. The standard InChI is InChI=1S/C12H8F3NS/c13-12(14,15)17-11-6-10(7-16-8-11)9-4-2-1-3-5-9/h1-8H. The first-order valence-electron chi connectivity index (χ1n) is 4.81. The molecule has 1 aromatic carbocycles. The molecule has 0 aliphatic heterocycles. The Bertz CT molecular complexity index is 497. The molecule has 5 heteroatoms. The number of benzene rings is 1. The Hall–Kier alpha value is -1.49. The van der Waals surface area contributed by atoms with Crippen molar-refractivity contribution < 1.29 is 13.2 Å². The van der Waals surface area contributed by atoms with Crippen LogP contribution < -0.4 is 0 Å². The Morgan fingerprint density at radius 3 is 2.29 bits per heavy atom. The van der Waals surface area contributed by atoms with E-state index >= 15 is 0 Å². The van der Waals surface area contributed by atoms with Gasteiger partial charge in [-0.2, -0.15) is 13.2 Å². The third kappa shape index (κ3) is 3.49. The van der Waals surface area contributed by atoms with E-state index in [0.29, 0.717) is 5.56 Å². The minimum atomic E-state index is -4.28. The maximum atomic E-state index is 12.2. The fourth-order valence-electron chi connectivity index (χ4n) is 1.40. The van der Waals surface area contributed by atoms with E-state index in [1.807, 2.05) is 30.3 Å². The molecular weight excluding hydrogens is 247 g/mol. The minimum absolute atomic E-state index is 0.0962. The summed E-state index contributed by atoms with van der Waals surface area (Å²) in [7, 11) is 0. The number of hydrogen-bond donors (Lipinski definition) is 0. The van der Waals surface area contributed by atoms with Crippen LogP contribution in [-0.2, 0) is 0 Å². The van der Waals surface area contributed by atoms with Crippen molar-refractivity contribution in [3.63, 3.8) is 0 Å². The summed E-state index contributed by atoms with van der Waals surface area (Å²) in [6, 6.07) is 10.7. The normalized spacial score (nSPS) is 11.5. The van der Waals surface area contributed by atoms with Crippen LogP contribution in [-0.4, -0.2) is 10.5 Å². The lowest BCUT2D eigenvalue weighted by Crippen LogP contribution is -1.99. The van der Waals surface area contributed by atoms with Crippen molar-refractivity contribution in [2.45, 2.75) is 10.4 Å². The monoisotopic (exact) mass is 255 g/mol. The van der Waals surface area contributed by atoms with Crippen LogP contribution in [0.1, 0.15) is 0 Å². The summed E-state index contributed by atoms with van der Waals surface area (Å²) in [6.45, 7) is 0. The Labute approximate surface area is 101 Å². The second kappa shape index (κ2) is 4.79. The van der Waals surface area contributed by atoms with Gasteiger partial charge < -0.3 is 0 Å². The van der Waals surface area contributed by atoms with Gasteiger partial charge in [0.2, 0.25) is 0 Å². The van der Waals surface area contributed by atoms with E-state index in [1.165, 1.54) is 12.3 Å². The van der Waals surface area contributed by atoms with Crippen LogP contribution in [0.4, 0.5) is 13.2 Å². The first-order valence-corrected chi connectivity index (χ1v) is 5.62. The van der Waals surface area contributed by atoms with E-state index in [9.17, 15) is 13.2 Å². The number of aromatic nitrogens is 1. The Morgan fingerprint density at radius 1 is 0.941 bits per heavy atom. The molecule has 0 atom stereocenters. The minimum Gasteiger partial charge on any atom is -0.263 e. The number of hydrogen-bond acceptors (Lipinski definition) is 2. The average Bonchev–Trinajstić information content (AvgIpc) is 2.28. The fraction of sp³-hybridized carbons (Fsp3) is 0.0833. The molecule has 88 valence electrons. The van der Waals surface area contributed by atoms with Crippen molar-refractivity contribution in [2.75, 3.05) is 0 Å². The Morgan fingerprint density at radius 2 is 1.65 bits per heavy atom. The molecule has 0 spiro atoms. The van der Waals surface area contributed by atoms with Crippen LogP contribution in [0.5, 0.6) is 0 Å². The van der Waals surface area contributed by atoms with Crippen molar-refractivity contribution >= 4 is 11.8 Å². The van der Waals surface area contributed by atoms with Crippen molar-refractivity contribution in [2.24, 2.45) is 0 Å². The van der Waals surface area contributed by atoms with E-state index in [1.54, 1.807) is 6.20 Å². The lowest BCUT2D eigenvalue weighted by atomic mass is 10.1. The third-order valence-electron chi connectivity index (χ3n) is 2.05. The summed E-state index contributed by atoms with van der Waals surface area (Å²) in [6.07, 6.45) is 2.76. The summed E-state index contributed by atoms with van der Waals surface area (Å²) in [5.41, 5.74) is -2.75. The molecule has 1 aromatic heterocycles. The van der Waals surface area contributed by atoms with Crippen LogP contribution in [0.15, 0.2) is 53.7 Å². The lowest BCUT2D eigenvalue weighted by Gasteiger charge is -2.06. The molecule has 0 N–H and O–H groups in total. The summed E-state index contributed by atoms with van der Waals surface area (Å²) in [5.74, 6) is 0. The molecule has 0 fully saturated rings. The van der Waals surface area contributed by atoms with Crippen molar-refractivity contribution in [1.29, 1.82) is 0 Å². The van der Waals surface area contributed by atoms with Crippen LogP contribution in [0.3, 0.4) is 0 Å². The summed E-state index contributed by atoms with van der Waals surface area (Å²) in [4.78, 5) is 3.92. The highest BCUT2D eigenvalue weighted by atomic mass is 32.2. The average molecular weight is 255 g/mol. The van der Waals surface area contributed by atoms with Crippen molar-refractivity contribution in [1.82, 2.24) is 4.98 Å². The highest BCUT2D eigenvalue weighted by Crippen LogP contribution is 2.37. The van der Waals surface area contributed by atoms with E-state index in [-0.39, 0.29) is 16.7 Å². The molecule has 0 saturated heterocycles. The quantitative estimate of drug-likeness (QED) is 0.739. The molecule has 1 heterocycles. The van der Waals surface area contributed by atoms with Gasteiger partial charge in [-0.25, -0.2) is 0 Å². The zero-order valence-electron chi connectivity index (χ0n) is 8.61. The number of rotatable bonds is 2. The van der Waals surface area contributed by atoms with Gasteiger partial charge in [0, 0.05) is 22.9 Å². The van der Waals surface area contributed by atoms with Gasteiger partial charge in [-0.05, 0) is 23.4 Å². The third-order valence-corrected chi connectivity index (χ3v) is 2.74. The second-order valence-electron chi connectivity index (χ2n) is 3.32. The molecule has 0 amide bonds. The van der Waals surface area contributed by atoms with Crippen LogP contribution >= 0.6 is 11.8 Å². The van der Waals surface area contributed by atoms with E-state index in [2.05, 4.69) is 4.98 Å². The number of pyridine rings is 1. The van der Waals surface area contributed by atoms with E-state index in [0.717, 1.165) is 5.56 Å². The van der Waals surface area contributed by atoms with E-state index in [4.69, 9.17) is 0 Å². The SMILES string of the molecule is FC(F)(F)Sc1cncc(-c2ccccc2)c1. The zero-order chi connectivity index (χ0) is 12.3. The zero-order valence-corrected chi connectivity index (χ0v) is 9.42. The van der Waals surface area contributed by atoms with Crippen LogP contribution in [0.2, 0.25) is 0 Å². The van der Waals surface area contributed by atoms with Gasteiger partial charge in [0.15, 0.2) is 0 Å². The summed E-state index contributed by atoms with van der Waals surface area (Å²) in [5, 5.41) is 0. The first kappa shape index (κ1) is 12.0. The van der Waals surface area contributed by atoms with Crippen LogP contribution in [0.25, 0.3) is 11.1 Å². The van der Waals surface area contributed by atoms with Crippen LogP contribution in [0, 0.1) is 0 Å². The molecular formula is C12H8F3NS. The molecule has 2 rings (SSSR count). The largest absolute Gasteiger partial charge is 0.446 e. The number of halogens is 3. The molecule has 0 aliphatic carbocycles. The molecule has 0 saturated carbocycles. The molecule has 0 aliphatic rings. The first-order chi connectivity index (χ1) is 8.04. The topological polar surface area (TPSA) is 12.9 Å². The maximum absolute atomic E-state index is 12.2. The van der Waals surface area contributed by atoms with Gasteiger partial charge in [-0.3, -0.25) is 4.98 Å². The van der Waals surface area contributed by atoms with Gasteiger partial charge in [0.1, 0.15) is 0 Å². The predicted molar refractivity (Wildman–Crippen MR) is 61.6 cm³/mol. The summed E-state index contributed by atoms with van der Waals surface area (Å²) < 4.78 is 36.6. The molecule has 0 unspecified atom stereocenters. The highest BCUT2D eigenvalue weighted by molar-refractivity contribution is 8.00. The molecule has 17 heavy (non-hydrogen) atoms. The van der Waals surface area contributed by atoms with Crippen molar-refractivity contribution in [3.8, 4) is 11.1 Å².